The minimum absolute atomic E-state index is 0.429. The van der Waals surface area contributed by atoms with E-state index < -0.39 is 15.3 Å². The molecule has 2 fully saturated rings. The summed E-state index contributed by atoms with van der Waals surface area (Å²) in [7, 11) is -3.28. The summed E-state index contributed by atoms with van der Waals surface area (Å²) in [4.78, 5) is 0. The van der Waals surface area contributed by atoms with E-state index in [9.17, 15) is 8.42 Å². The van der Waals surface area contributed by atoms with E-state index >= 15 is 0 Å². The van der Waals surface area contributed by atoms with Crippen LogP contribution < -0.4 is 10.0 Å². The molecule has 152 valence electrons. The fourth-order valence-electron chi connectivity index (χ4n) is 4.76. The van der Waals surface area contributed by atoms with Crippen LogP contribution in [0.1, 0.15) is 77.2 Å². The van der Waals surface area contributed by atoms with Crippen molar-refractivity contribution < 1.29 is 8.42 Å². The van der Waals surface area contributed by atoms with Crippen LogP contribution >= 0.6 is 0 Å². The molecule has 2 atom stereocenters. The first-order chi connectivity index (χ1) is 13.0. The average molecular weight is 393 g/mol. The van der Waals surface area contributed by atoms with Crippen LogP contribution in [0.5, 0.6) is 0 Å². The highest BCUT2D eigenvalue weighted by Gasteiger charge is 2.32. The second-order valence-corrected chi connectivity index (χ2v) is 11.0. The van der Waals surface area contributed by atoms with Crippen molar-refractivity contribution >= 4 is 15.7 Å². The molecule has 4 nitrogen and oxygen atoms in total. The van der Waals surface area contributed by atoms with Crippen molar-refractivity contribution in [3.05, 3.63) is 29.8 Å². The summed E-state index contributed by atoms with van der Waals surface area (Å²) in [6.07, 6.45) is 12.5. The molecule has 27 heavy (non-hydrogen) atoms. The lowest BCUT2D eigenvalue weighted by Crippen LogP contribution is -2.42. The number of hydrogen-bond acceptors (Lipinski definition) is 3. The van der Waals surface area contributed by atoms with Crippen molar-refractivity contribution in [3.8, 4) is 0 Å². The number of rotatable bonds is 7. The van der Waals surface area contributed by atoms with Gasteiger partial charge in [-0.05, 0) is 56.2 Å². The number of nitrogens with one attached hydrogen (secondary N) is 2. The summed E-state index contributed by atoms with van der Waals surface area (Å²) >= 11 is 0. The highest BCUT2D eigenvalue weighted by Crippen LogP contribution is 2.38. The zero-order chi connectivity index (χ0) is 19.3. The molecule has 2 aliphatic rings. The number of benzene rings is 1. The van der Waals surface area contributed by atoms with Crippen LogP contribution in [0.15, 0.2) is 24.3 Å². The molecule has 2 unspecified atom stereocenters. The minimum Gasteiger partial charge on any atom is -0.310 e. The van der Waals surface area contributed by atoms with Crippen LogP contribution in [-0.4, -0.2) is 19.7 Å². The van der Waals surface area contributed by atoms with E-state index in [-0.39, 0.29) is 0 Å². The van der Waals surface area contributed by atoms with E-state index in [1.807, 2.05) is 24.3 Å². The number of sulfonamides is 1. The van der Waals surface area contributed by atoms with Gasteiger partial charge in [0.1, 0.15) is 0 Å². The number of hydrogen-bond donors (Lipinski definition) is 2. The smallest absolute Gasteiger partial charge is 0.235 e. The van der Waals surface area contributed by atoms with Crippen LogP contribution in [0.2, 0.25) is 0 Å². The van der Waals surface area contributed by atoms with E-state index in [1.165, 1.54) is 63.4 Å². The molecule has 2 aliphatic carbocycles. The molecule has 5 heteroatoms. The molecule has 1 aromatic carbocycles. The third-order valence-electron chi connectivity index (χ3n) is 6.48. The fourth-order valence-corrected chi connectivity index (χ4v) is 5.46. The Bertz CT molecular complexity index is 679. The van der Waals surface area contributed by atoms with Gasteiger partial charge in [0.2, 0.25) is 10.0 Å². The molecule has 0 aromatic heterocycles. The van der Waals surface area contributed by atoms with Gasteiger partial charge >= 0.3 is 0 Å². The van der Waals surface area contributed by atoms with E-state index in [2.05, 4.69) is 10.0 Å². The lowest BCUT2D eigenvalue weighted by molar-refractivity contribution is 0.149. The summed E-state index contributed by atoms with van der Waals surface area (Å²) in [5.41, 5.74) is 1.86. The molecule has 2 N–H and O–H groups in total. The quantitative estimate of drug-likeness (QED) is 0.681. The lowest BCUT2D eigenvalue weighted by atomic mass is 9.71. The summed E-state index contributed by atoms with van der Waals surface area (Å²) in [5.74, 6) is 1.76. The van der Waals surface area contributed by atoms with Gasteiger partial charge in [-0.25, -0.2) is 8.42 Å². The Morgan fingerprint density at radius 2 is 1.56 bits per heavy atom. The Labute approximate surface area is 165 Å². The lowest BCUT2D eigenvalue weighted by Gasteiger charge is -2.39. The third-order valence-corrected chi connectivity index (χ3v) is 8.24. The topological polar surface area (TPSA) is 58.2 Å². The van der Waals surface area contributed by atoms with E-state index in [0.29, 0.717) is 11.7 Å². The second kappa shape index (κ2) is 9.42. The predicted molar refractivity (Wildman–Crippen MR) is 113 cm³/mol. The van der Waals surface area contributed by atoms with E-state index in [0.717, 1.165) is 18.4 Å². The summed E-state index contributed by atoms with van der Waals surface area (Å²) in [6.45, 7) is 4.24. The second-order valence-electron chi connectivity index (χ2n) is 8.73. The highest BCUT2D eigenvalue weighted by atomic mass is 32.2. The Hall–Kier alpha value is -1.07. The zero-order valence-electron chi connectivity index (χ0n) is 16.9. The largest absolute Gasteiger partial charge is 0.310 e. The molecular formula is C22H36N2O2S. The van der Waals surface area contributed by atoms with E-state index in [4.69, 9.17) is 0 Å². The maximum Gasteiger partial charge on any atom is 0.235 e. The molecule has 0 amide bonds. The van der Waals surface area contributed by atoms with Gasteiger partial charge in [0.15, 0.2) is 0 Å². The normalized spacial score (nSPS) is 24.9. The molecule has 0 heterocycles. The van der Waals surface area contributed by atoms with Crippen molar-refractivity contribution in [1.82, 2.24) is 5.32 Å². The first-order valence-electron chi connectivity index (χ1n) is 10.8. The highest BCUT2D eigenvalue weighted by molar-refractivity contribution is 7.93. The summed E-state index contributed by atoms with van der Waals surface area (Å²) < 4.78 is 26.6. The molecule has 3 rings (SSSR count). The van der Waals surface area contributed by atoms with Crippen molar-refractivity contribution in [2.75, 3.05) is 4.72 Å². The molecule has 0 aliphatic heterocycles. The maximum atomic E-state index is 12.0. The Morgan fingerprint density at radius 3 is 2.22 bits per heavy atom. The Balaban J connectivity index is 1.55. The minimum atomic E-state index is -3.28. The first kappa shape index (κ1) is 20.7. The molecule has 0 radical (unpaired) electrons. The van der Waals surface area contributed by atoms with Crippen LogP contribution in [0.25, 0.3) is 0 Å². The Kier molecular flexibility index (Phi) is 7.21. The van der Waals surface area contributed by atoms with Gasteiger partial charge in [0.05, 0.1) is 5.25 Å². The third kappa shape index (κ3) is 5.71. The van der Waals surface area contributed by atoms with Gasteiger partial charge in [-0.1, -0.05) is 57.1 Å². The summed E-state index contributed by atoms with van der Waals surface area (Å²) in [5, 5.41) is 3.40. The van der Waals surface area contributed by atoms with Gasteiger partial charge in [-0.3, -0.25) is 4.72 Å². The van der Waals surface area contributed by atoms with Crippen LogP contribution in [0.3, 0.4) is 0 Å². The molecule has 1 aromatic rings. The predicted octanol–water partition coefficient (Wildman–Crippen LogP) is 5.07. The van der Waals surface area contributed by atoms with Crippen molar-refractivity contribution in [2.24, 2.45) is 11.8 Å². The van der Waals surface area contributed by atoms with Gasteiger partial charge in [-0.2, -0.15) is 0 Å². The van der Waals surface area contributed by atoms with Gasteiger partial charge in [0, 0.05) is 18.3 Å². The molecule has 0 saturated heterocycles. The monoisotopic (exact) mass is 392 g/mol. The Morgan fingerprint density at radius 1 is 0.926 bits per heavy atom. The molecule has 0 spiro atoms. The molecule has 0 bridgehead atoms. The van der Waals surface area contributed by atoms with Crippen LogP contribution in [0, 0.1) is 11.8 Å². The van der Waals surface area contributed by atoms with Crippen LogP contribution in [-0.2, 0) is 16.6 Å². The van der Waals surface area contributed by atoms with Gasteiger partial charge in [0.25, 0.3) is 0 Å². The van der Waals surface area contributed by atoms with Crippen molar-refractivity contribution in [1.29, 1.82) is 0 Å². The average Bonchev–Trinajstić information content (AvgIpc) is 2.68. The van der Waals surface area contributed by atoms with Crippen molar-refractivity contribution in [3.63, 3.8) is 0 Å². The standard InChI is InChI=1S/C22H36N2O2S/c1-17(2)27(25,26)24-20-14-12-18(13-15-20)16-23-22-11-7-6-10-21(22)19-8-4-3-5-9-19/h12-15,17,19,21-24H,3-11,16H2,1-2H3. The zero-order valence-corrected chi connectivity index (χ0v) is 17.7. The van der Waals surface area contributed by atoms with E-state index in [1.54, 1.807) is 13.8 Å². The fraction of sp³-hybridized carbons (Fsp3) is 0.727. The maximum absolute atomic E-state index is 12.0. The van der Waals surface area contributed by atoms with Gasteiger partial charge in [-0.15, -0.1) is 0 Å². The number of anilines is 1. The first-order valence-corrected chi connectivity index (χ1v) is 12.3. The molecular weight excluding hydrogens is 356 g/mol. The summed E-state index contributed by atoms with van der Waals surface area (Å²) in [6, 6.07) is 8.45. The molecule has 2 saturated carbocycles. The van der Waals surface area contributed by atoms with Crippen molar-refractivity contribution in [2.45, 2.75) is 89.5 Å². The SMILES string of the molecule is CC(C)S(=O)(=O)Nc1ccc(CNC2CCCCC2C2CCCCC2)cc1. The van der Waals surface area contributed by atoms with Crippen LogP contribution in [0.4, 0.5) is 5.69 Å². The van der Waals surface area contributed by atoms with Gasteiger partial charge < -0.3 is 5.32 Å².